The number of hydrogen-bond donors (Lipinski definition) is 1. The van der Waals surface area contributed by atoms with Crippen LogP contribution >= 0.6 is 23.2 Å². The van der Waals surface area contributed by atoms with Gasteiger partial charge in [0, 0.05) is 7.05 Å². The molecule has 0 radical (unpaired) electrons. The smallest absolute Gasteiger partial charge is 0.253 e. The number of hydrogen-bond acceptors (Lipinski definition) is 6. The van der Waals surface area contributed by atoms with Gasteiger partial charge in [0.25, 0.3) is 11.8 Å². The van der Waals surface area contributed by atoms with E-state index in [9.17, 15) is 24.3 Å². The van der Waals surface area contributed by atoms with E-state index in [0.29, 0.717) is 5.57 Å². The molecule has 10 heteroatoms. The Bertz CT molecular complexity index is 1370. The van der Waals surface area contributed by atoms with E-state index >= 15 is 0 Å². The summed E-state index contributed by atoms with van der Waals surface area (Å²) < 4.78 is 5.84. The van der Waals surface area contributed by atoms with E-state index in [2.05, 4.69) is 0 Å². The molecule has 2 aliphatic carbocycles. The van der Waals surface area contributed by atoms with Gasteiger partial charge in [-0.05, 0) is 36.5 Å². The van der Waals surface area contributed by atoms with Crippen LogP contribution in [0.2, 0.25) is 0 Å². The number of alkyl halides is 2. The third-order valence-electron chi connectivity index (χ3n) is 8.41. The minimum atomic E-state index is -1.89. The number of carbonyl (C=O) groups excluding carboxylic acids is 4. The number of nitrogens with zero attached hydrogens (tertiary/aromatic N) is 2. The molecular formula is C27H24Cl2N2O6. The summed E-state index contributed by atoms with van der Waals surface area (Å²) in [6.07, 6.45) is 2.07. The Morgan fingerprint density at radius 3 is 2.41 bits per heavy atom. The lowest BCUT2D eigenvalue weighted by molar-refractivity contribution is -0.141. The number of imide groups is 2. The van der Waals surface area contributed by atoms with Crippen LogP contribution in [0.1, 0.15) is 35.8 Å². The largest absolute Gasteiger partial charge is 0.463 e. The lowest BCUT2D eigenvalue weighted by atomic mass is 9.57. The molecule has 2 saturated heterocycles. The highest BCUT2D eigenvalue weighted by Crippen LogP contribution is 2.65. The van der Waals surface area contributed by atoms with Crippen molar-refractivity contribution >= 4 is 46.8 Å². The number of rotatable bonds is 4. The van der Waals surface area contributed by atoms with Crippen molar-refractivity contribution in [1.29, 1.82) is 0 Å². The molecule has 1 saturated carbocycles. The van der Waals surface area contributed by atoms with Crippen LogP contribution < -0.4 is 0 Å². The first-order valence-electron chi connectivity index (χ1n) is 12.1. The summed E-state index contributed by atoms with van der Waals surface area (Å²) in [5, 5.41) is 9.57. The first-order valence-corrected chi connectivity index (χ1v) is 12.9. The predicted octanol–water partition coefficient (Wildman–Crippen LogP) is 2.96. The molecule has 3 fully saturated rings. The fourth-order valence-corrected chi connectivity index (χ4v) is 7.68. The van der Waals surface area contributed by atoms with Crippen molar-refractivity contribution in [1.82, 2.24) is 9.80 Å². The van der Waals surface area contributed by atoms with Gasteiger partial charge < -0.3 is 9.52 Å². The molecule has 1 aromatic carbocycles. The summed E-state index contributed by atoms with van der Waals surface area (Å²) in [5.41, 5.74) is 1.49. The van der Waals surface area contributed by atoms with Crippen LogP contribution in [0, 0.1) is 17.8 Å². The summed E-state index contributed by atoms with van der Waals surface area (Å²) in [7, 11) is 1.34. The Balaban J connectivity index is 1.46. The number of furan rings is 1. The minimum absolute atomic E-state index is 0.0672. The maximum Gasteiger partial charge on any atom is 0.253 e. The van der Waals surface area contributed by atoms with E-state index in [4.69, 9.17) is 27.6 Å². The highest BCUT2D eigenvalue weighted by Gasteiger charge is 2.76. The van der Waals surface area contributed by atoms with Crippen molar-refractivity contribution in [2.45, 2.75) is 41.7 Å². The quantitative estimate of drug-likeness (QED) is 0.361. The molecular weight excluding hydrogens is 519 g/mol. The molecule has 192 valence electrons. The minimum Gasteiger partial charge on any atom is -0.463 e. The Labute approximate surface area is 222 Å². The third-order valence-corrected chi connectivity index (χ3v) is 9.83. The van der Waals surface area contributed by atoms with E-state index in [0.717, 1.165) is 10.5 Å². The van der Waals surface area contributed by atoms with Gasteiger partial charge in [-0.1, -0.05) is 42.0 Å². The van der Waals surface area contributed by atoms with Crippen molar-refractivity contribution in [2.75, 3.05) is 7.05 Å². The number of benzene rings is 1. The van der Waals surface area contributed by atoms with Gasteiger partial charge in [-0.15, -0.1) is 23.2 Å². The lowest BCUT2D eigenvalue weighted by Gasteiger charge is -2.49. The van der Waals surface area contributed by atoms with Gasteiger partial charge >= 0.3 is 0 Å². The van der Waals surface area contributed by atoms with Crippen molar-refractivity contribution in [2.24, 2.45) is 17.8 Å². The second-order valence-electron chi connectivity index (χ2n) is 10.2. The number of fused-ring (bicyclic) bond motifs is 4. The SMILES string of the molecule is CN1C(=O)[C@]2(Cl)C[C@@H]3C(=CC[C@@H]4C(=O)N(Cc5ccccc5)C(=O)[C@@H]43)[C@H](c3ccc(CO)o3)[C@]2(Cl)C1=O. The van der Waals surface area contributed by atoms with Gasteiger partial charge in [0.2, 0.25) is 11.8 Å². The highest BCUT2D eigenvalue weighted by molar-refractivity contribution is 6.53. The summed E-state index contributed by atoms with van der Waals surface area (Å²) in [6, 6.07) is 12.4. The maximum atomic E-state index is 13.8. The van der Waals surface area contributed by atoms with E-state index in [-0.39, 0.29) is 49.3 Å². The third kappa shape index (κ3) is 3.12. The van der Waals surface area contributed by atoms with Gasteiger partial charge in [-0.25, -0.2) is 0 Å². The zero-order chi connectivity index (χ0) is 26.3. The normalized spacial score (nSPS) is 35.0. The van der Waals surface area contributed by atoms with Gasteiger partial charge in [-0.2, -0.15) is 0 Å². The number of aliphatic hydroxyl groups excluding tert-OH is 1. The molecule has 0 unspecified atom stereocenters. The summed E-state index contributed by atoms with van der Waals surface area (Å²) in [4.78, 5) is 52.5. The summed E-state index contributed by atoms with van der Waals surface area (Å²) >= 11 is 14.1. The first kappa shape index (κ1) is 24.4. The molecule has 1 N–H and O–H groups in total. The standard InChI is InChI=1S/C27H24Cl2N2O6/c1-30-24(35)26(28)11-18-16(21(27(26,29)25(30)36)19-10-7-15(13-32)37-19)8-9-17-20(18)23(34)31(22(17)33)12-14-5-3-2-4-6-14/h2-8,10,17-18,20-21,32H,9,11-13H2,1H3/t17-,18+,20-,21+,26+,27-/m0/s1. The van der Waals surface area contributed by atoms with Crippen molar-refractivity contribution in [3.05, 3.63) is 71.2 Å². The van der Waals surface area contributed by atoms with Crippen LogP contribution in [0.15, 0.2) is 58.5 Å². The van der Waals surface area contributed by atoms with Gasteiger partial charge in [0.15, 0.2) is 9.75 Å². The Morgan fingerprint density at radius 1 is 1.00 bits per heavy atom. The van der Waals surface area contributed by atoms with Crippen molar-refractivity contribution < 1.29 is 28.7 Å². The van der Waals surface area contributed by atoms with Crippen molar-refractivity contribution in [3.63, 3.8) is 0 Å². The molecule has 3 heterocycles. The molecule has 6 atom stereocenters. The number of halogens is 2. The number of aliphatic hydroxyl groups is 1. The molecule has 2 aliphatic heterocycles. The molecule has 8 nitrogen and oxygen atoms in total. The maximum absolute atomic E-state index is 13.8. The average molecular weight is 543 g/mol. The fraction of sp³-hybridized carbons (Fsp3) is 0.407. The van der Waals surface area contributed by atoms with Crippen molar-refractivity contribution in [3.8, 4) is 0 Å². The van der Waals surface area contributed by atoms with E-state index in [1.807, 2.05) is 36.4 Å². The Morgan fingerprint density at radius 2 is 1.73 bits per heavy atom. The summed E-state index contributed by atoms with van der Waals surface area (Å²) in [5.74, 6) is -4.24. The first-order chi connectivity index (χ1) is 17.6. The van der Waals surface area contributed by atoms with Crippen LogP contribution in [0.3, 0.4) is 0 Å². The Hall–Kier alpha value is -2.94. The second kappa shape index (κ2) is 8.28. The van der Waals surface area contributed by atoms with Gasteiger partial charge in [0.05, 0.1) is 24.3 Å². The molecule has 6 rings (SSSR count). The Kier molecular flexibility index (Phi) is 5.46. The zero-order valence-electron chi connectivity index (χ0n) is 19.9. The predicted molar refractivity (Wildman–Crippen MR) is 132 cm³/mol. The average Bonchev–Trinajstić information content (AvgIpc) is 3.50. The zero-order valence-corrected chi connectivity index (χ0v) is 21.4. The molecule has 4 aliphatic rings. The monoisotopic (exact) mass is 542 g/mol. The molecule has 0 spiro atoms. The van der Waals surface area contributed by atoms with Crippen LogP contribution in [0.5, 0.6) is 0 Å². The number of amides is 4. The lowest BCUT2D eigenvalue weighted by Crippen LogP contribution is -2.60. The van der Waals surface area contributed by atoms with Crippen LogP contribution in [0.4, 0.5) is 0 Å². The van der Waals surface area contributed by atoms with Gasteiger partial charge in [0.1, 0.15) is 18.1 Å². The van der Waals surface area contributed by atoms with Crippen LogP contribution in [-0.4, -0.2) is 55.3 Å². The van der Waals surface area contributed by atoms with Crippen LogP contribution in [0.25, 0.3) is 0 Å². The van der Waals surface area contributed by atoms with E-state index < -0.39 is 45.2 Å². The van der Waals surface area contributed by atoms with Crippen LogP contribution in [-0.2, 0) is 32.3 Å². The van der Waals surface area contributed by atoms with E-state index in [1.54, 1.807) is 12.1 Å². The molecule has 0 bridgehead atoms. The van der Waals surface area contributed by atoms with Gasteiger partial charge in [-0.3, -0.25) is 29.0 Å². The molecule has 1 aromatic heterocycles. The highest BCUT2D eigenvalue weighted by atomic mass is 35.5. The summed E-state index contributed by atoms with van der Waals surface area (Å²) in [6.45, 7) is -0.212. The number of likely N-dealkylation sites (tertiary alicyclic amines) is 2. The fourth-order valence-electron chi connectivity index (χ4n) is 6.68. The second-order valence-corrected chi connectivity index (χ2v) is 11.4. The molecule has 2 aromatic rings. The number of carbonyl (C=O) groups is 4. The topological polar surface area (TPSA) is 108 Å². The molecule has 4 amide bonds. The van der Waals surface area contributed by atoms with E-state index in [1.165, 1.54) is 11.9 Å². The molecule has 37 heavy (non-hydrogen) atoms. The number of allylic oxidation sites excluding steroid dienone is 2.